The van der Waals surface area contributed by atoms with Gasteiger partial charge in [0.1, 0.15) is 12.7 Å². The lowest BCUT2D eigenvalue weighted by Gasteiger charge is -2.28. The van der Waals surface area contributed by atoms with Gasteiger partial charge in [-0.2, -0.15) is 0 Å². The summed E-state index contributed by atoms with van der Waals surface area (Å²) in [4.78, 5) is 37.7. The average molecular weight is 481 g/mol. The standard InChI is InChI=1S/C27H32N2O6/c1-17(2)29(14-13-25(30)31)26(32)24-12-11-18(35-24)15-28-27(33)34-16-23-21-9-5-3-7-19(21)20-8-4-6-10-22(20)23/h3-10,17-18,23-24H,11-16H2,1-2H3,(H,28,33)(H,30,31). The number of carbonyl (C=O) groups is 3. The number of aliphatic carboxylic acids is 1. The number of carboxylic acids is 1. The zero-order valence-corrected chi connectivity index (χ0v) is 20.1. The largest absolute Gasteiger partial charge is 0.481 e. The highest BCUT2D eigenvalue weighted by atomic mass is 16.5. The van der Waals surface area contributed by atoms with Crippen LogP contribution >= 0.6 is 0 Å². The topological polar surface area (TPSA) is 105 Å². The van der Waals surface area contributed by atoms with Crippen molar-refractivity contribution in [2.75, 3.05) is 19.7 Å². The molecule has 1 saturated heterocycles. The molecule has 2 aliphatic rings. The Labute approximate surface area is 205 Å². The second-order valence-corrected chi connectivity index (χ2v) is 9.30. The Bertz CT molecular complexity index is 1040. The van der Waals surface area contributed by atoms with Gasteiger partial charge in [0.05, 0.1) is 12.5 Å². The number of rotatable bonds is 9. The minimum atomic E-state index is -0.944. The first kappa shape index (κ1) is 24.7. The Morgan fingerprint density at radius 1 is 1.06 bits per heavy atom. The molecule has 0 bridgehead atoms. The van der Waals surface area contributed by atoms with Crippen molar-refractivity contribution in [2.24, 2.45) is 0 Å². The number of carbonyl (C=O) groups excluding carboxylic acids is 2. The van der Waals surface area contributed by atoms with E-state index in [1.807, 2.05) is 38.1 Å². The summed E-state index contributed by atoms with van der Waals surface area (Å²) in [5.41, 5.74) is 4.65. The maximum absolute atomic E-state index is 12.8. The predicted octanol–water partition coefficient (Wildman–Crippen LogP) is 3.78. The first-order valence-corrected chi connectivity index (χ1v) is 12.1. The van der Waals surface area contributed by atoms with E-state index in [1.165, 1.54) is 11.1 Å². The normalized spacial score (nSPS) is 18.7. The van der Waals surface area contributed by atoms with Crippen LogP contribution in [-0.4, -0.2) is 65.9 Å². The number of fused-ring (bicyclic) bond motifs is 3. The third-order valence-electron chi connectivity index (χ3n) is 6.67. The number of nitrogens with one attached hydrogen (secondary N) is 1. The van der Waals surface area contributed by atoms with Gasteiger partial charge in [-0.3, -0.25) is 9.59 Å². The van der Waals surface area contributed by atoms with Gasteiger partial charge in [0.15, 0.2) is 0 Å². The van der Waals surface area contributed by atoms with E-state index < -0.39 is 18.2 Å². The van der Waals surface area contributed by atoms with Crippen molar-refractivity contribution < 1.29 is 29.0 Å². The molecule has 2 aromatic carbocycles. The van der Waals surface area contributed by atoms with E-state index in [4.69, 9.17) is 14.6 Å². The lowest BCUT2D eigenvalue weighted by molar-refractivity contribution is -0.146. The number of amides is 2. The highest BCUT2D eigenvalue weighted by molar-refractivity contribution is 5.82. The number of benzene rings is 2. The molecule has 2 unspecified atom stereocenters. The fourth-order valence-electron chi connectivity index (χ4n) is 4.91. The van der Waals surface area contributed by atoms with E-state index in [2.05, 4.69) is 29.6 Å². The van der Waals surface area contributed by atoms with Gasteiger partial charge in [0.25, 0.3) is 5.91 Å². The quantitative estimate of drug-likeness (QED) is 0.566. The Hall–Kier alpha value is -3.39. The molecule has 35 heavy (non-hydrogen) atoms. The predicted molar refractivity (Wildman–Crippen MR) is 130 cm³/mol. The summed E-state index contributed by atoms with van der Waals surface area (Å²) in [7, 11) is 0. The van der Waals surface area contributed by atoms with Gasteiger partial charge >= 0.3 is 12.1 Å². The third-order valence-corrected chi connectivity index (χ3v) is 6.67. The van der Waals surface area contributed by atoms with Crippen LogP contribution in [0.1, 0.15) is 50.2 Å². The monoisotopic (exact) mass is 480 g/mol. The molecule has 1 aliphatic heterocycles. The van der Waals surface area contributed by atoms with Gasteiger partial charge in [-0.1, -0.05) is 48.5 Å². The number of hydrogen-bond donors (Lipinski definition) is 2. The van der Waals surface area contributed by atoms with Gasteiger partial charge in [-0.25, -0.2) is 4.79 Å². The molecule has 4 rings (SSSR count). The van der Waals surface area contributed by atoms with Crippen molar-refractivity contribution in [3.8, 4) is 11.1 Å². The van der Waals surface area contributed by atoms with Crippen LogP contribution in [0, 0.1) is 0 Å². The van der Waals surface area contributed by atoms with Crippen molar-refractivity contribution in [1.82, 2.24) is 10.2 Å². The maximum Gasteiger partial charge on any atom is 0.407 e. The summed E-state index contributed by atoms with van der Waals surface area (Å²) < 4.78 is 11.4. The van der Waals surface area contributed by atoms with E-state index in [9.17, 15) is 14.4 Å². The van der Waals surface area contributed by atoms with Gasteiger partial charge < -0.3 is 24.8 Å². The second kappa shape index (κ2) is 10.9. The summed E-state index contributed by atoms with van der Waals surface area (Å²) in [6.07, 6.45) is -0.380. The van der Waals surface area contributed by atoms with E-state index in [-0.39, 0.29) is 50.1 Å². The second-order valence-electron chi connectivity index (χ2n) is 9.30. The number of nitrogens with zero attached hydrogens (tertiary/aromatic N) is 1. The van der Waals surface area contributed by atoms with E-state index in [1.54, 1.807) is 4.90 Å². The molecule has 2 atom stereocenters. The molecule has 0 saturated carbocycles. The summed E-state index contributed by atoms with van der Waals surface area (Å²) in [6.45, 7) is 4.33. The zero-order chi connectivity index (χ0) is 24.9. The Morgan fingerprint density at radius 2 is 1.69 bits per heavy atom. The first-order chi connectivity index (χ1) is 16.8. The van der Waals surface area contributed by atoms with Gasteiger partial charge in [0, 0.05) is 25.0 Å². The molecule has 186 valence electrons. The number of alkyl carbamates (subject to hydrolysis) is 1. The van der Waals surface area contributed by atoms with E-state index >= 15 is 0 Å². The molecule has 1 aliphatic carbocycles. The van der Waals surface area contributed by atoms with Crippen LogP contribution in [0.2, 0.25) is 0 Å². The molecule has 2 amide bonds. The fourth-order valence-corrected chi connectivity index (χ4v) is 4.91. The third kappa shape index (κ3) is 5.65. The van der Waals surface area contributed by atoms with E-state index in [0.717, 1.165) is 11.1 Å². The molecule has 1 heterocycles. The molecule has 0 spiro atoms. The number of hydrogen-bond acceptors (Lipinski definition) is 5. The molecular weight excluding hydrogens is 448 g/mol. The van der Waals surface area contributed by atoms with E-state index in [0.29, 0.717) is 12.8 Å². The zero-order valence-electron chi connectivity index (χ0n) is 20.1. The highest BCUT2D eigenvalue weighted by Gasteiger charge is 2.35. The van der Waals surface area contributed by atoms with Crippen LogP contribution in [0.4, 0.5) is 4.79 Å². The molecule has 1 fully saturated rings. The molecule has 2 aromatic rings. The summed E-state index contributed by atoms with van der Waals surface area (Å²) >= 11 is 0. The Kier molecular flexibility index (Phi) is 7.70. The van der Waals surface area contributed by atoms with Gasteiger partial charge in [0.2, 0.25) is 0 Å². The van der Waals surface area contributed by atoms with Crippen molar-refractivity contribution in [3.63, 3.8) is 0 Å². The van der Waals surface area contributed by atoms with Crippen LogP contribution in [0.5, 0.6) is 0 Å². The average Bonchev–Trinajstić information content (AvgIpc) is 3.44. The molecule has 8 nitrogen and oxygen atoms in total. The minimum absolute atomic E-state index is 0.00861. The van der Waals surface area contributed by atoms with Crippen molar-refractivity contribution in [3.05, 3.63) is 59.7 Å². The van der Waals surface area contributed by atoms with Crippen LogP contribution in [0.25, 0.3) is 11.1 Å². The summed E-state index contributed by atoms with van der Waals surface area (Å²) in [5, 5.41) is 11.7. The molecule has 2 N–H and O–H groups in total. The minimum Gasteiger partial charge on any atom is -0.481 e. The van der Waals surface area contributed by atoms with Crippen LogP contribution in [0.3, 0.4) is 0 Å². The first-order valence-electron chi connectivity index (χ1n) is 12.1. The lowest BCUT2D eigenvalue weighted by Crippen LogP contribution is -2.44. The molecule has 8 heteroatoms. The molecule has 0 radical (unpaired) electrons. The molecular formula is C27H32N2O6. The van der Waals surface area contributed by atoms with Crippen LogP contribution in [0.15, 0.2) is 48.5 Å². The Morgan fingerprint density at radius 3 is 2.29 bits per heavy atom. The number of carboxylic acid groups (broad SMARTS) is 1. The van der Waals surface area contributed by atoms with Crippen molar-refractivity contribution in [2.45, 2.75) is 57.3 Å². The maximum atomic E-state index is 12.8. The Balaban J connectivity index is 1.26. The SMILES string of the molecule is CC(C)N(CCC(=O)O)C(=O)C1CCC(CNC(=O)OCC2c3ccccc3-c3ccccc32)O1. The van der Waals surface area contributed by atoms with Crippen molar-refractivity contribution >= 4 is 18.0 Å². The van der Waals surface area contributed by atoms with Crippen LogP contribution < -0.4 is 5.32 Å². The van der Waals surface area contributed by atoms with Crippen LogP contribution in [-0.2, 0) is 19.1 Å². The van der Waals surface area contributed by atoms with Gasteiger partial charge in [-0.15, -0.1) is 0 Å². The lowest BCUT2D eigenvalue weighted by atomic mass is 9.98. The highest BCUT2D eigenvalue weighted by Crippen LogP contribution is 2.44. The van der Waals surface area contributed by atoms with Crippen molar-refractivity contribution in [1.29, 1.82) is 0 Å². The summed E-state index contributed by atoms with van der Waals surface area (Å²) in [6, 6.07) is 16.2. The number of ether oxygens (including phenoxy) is 2. The smallest absolute Gasteiger partial charge is 0.407 e. The fraction of sp³-hybridized carbons (Fsp3) is 0.444. The summed E-state index contributed by atoms with van der Waals surface area (Å²) in [5.74, 6) is -1.16. The van der Waals surface area contributed by atoms with Gasteiger partial charge in [-0.05, 0) is 48.9 Å². The molecule has 0 aromatic heterocycles.